The van der Waals surface area contributed by atoms with E-state index in [-0.39, 0.29) is 11.8 Å². The molecule has 0 atom stereocenters. The topological polar surface area (TPSA) is 43.4 Å². The van der Waals surface area contributed by atoms with E-state index in [1.165, 1.54) is 5.57 Å². The predicted molar refractivity (Wildman–Crippen MR) is 71.2 cm³/mol. The van der Waals surface area contributed by atoms with E-state index in [1.54, 1.807) is 6.08 Å². The first kappa shape index (κ1) is 14.7. The molecule has 0 heterocycles. The Morgan fingerprint density at radius 1 is 1.39 bits per heavy atom. The zero-order valence-corrected chi connectivity index (χ0v) is 11.3. The summed E-state index contributed by atoms with van der Waals surface area (Å²) < 4.78 is 4.89. The van der Waals surface area contributed by atoms with Crippen molar-refractivity contribution in [2.45, 2.75) is 52.4 Å². The molecule has 0 aliphatic heterocycles. The lowest BCUT2D eigenvalue weighted by Gasteiger charge is -2.16. The lowest BCUT2D eigenvalue weighted by Crippen LogP contribution is -2.07. The molecule has 0 N–H and O–H groups in total. The van der Waals surface area contributed by atoms with Crippen LogP contribution >= 0.6 is 0 Å². The molecule has 0 unspecified atom stereocenters. The van der Waals surface area contributed by atoms with Crippen molar-refractivity contribution in [3.05, 3.63) is 23.3 Å². The molecule has 100 valence electrons. The molecule has 0 saturated heterocycles. The van der Waals surface area contributed by atoms with Crippen molar-refractivity contribution in [2.75, 3.05) is 6.61 Å². The van der Waals surface area contributed by atoms with E-state index in [0.717, 1.165) is 31.3 Å². The van der Waals surface area contributed by atoms with Gasteiger partial charge in [-0.05, 0) is 49.8 Å². The maximum atomic E-state index is 11.4. The van der Waals surface area contributed by atoms with E-state index >= 15 is 0 Å². The van der Waals surface area contributed by atoms with Gasteiger partial charge in [0.2, 0.25) is 0 Å². The van der Waals surface area contributed by atoms with Crippen LogP contribution in [0.15, 0.2) is 23.3 Å². The molecule has 0 radical (unpaired) electrons. The molecule has 3 heteroatoms. The molecule has 0 spiro atoms. The second kappa shape index (κ2) is 7.85. The summed E-state index contributed by atoms with van der Waals surface area (Å²) in [5.41, 5.74) is 2.39. The van der Waals surface area contributed by atoms with E-state index in [1.807, 2.05) is 6.92 Å². The smallest absolute Gasteiger partial charge is 0.305 e. The molecule has 1 rings (SSSR count). The molecule has 18 heavy (non-hydrogen) atoms. The highest BCUT2D eigenvalue weighted by Crippen LogP contribution is 2.26. The number of carbonyl (C=O) groups is 2. The lowest BCUT2D eigenvalue weighted by atomic mass is 9.89. The van der Waals surface area contributed by atoms with Crippen LogP contribution in [-0.4, -0.2) is 18.4 Å². The minimum atomic E-state index is -0.152. The minimum Gasteiger partial charge on any atom is -0.466 e. The van der Waals surface area contributed by atoms with Crippen molar-refractivity contribution in [1.82, 2.24) is 0 Å². The maximum absolute atomic E-state index is 11.4. The molecule has 1 aliphatic rings. The van der Waals surface area contributed by atoms with Gasteiger partial charge in [-0.1, -0.05) is 13.0 Å². The Labute approximate surface area is 109 Å². The molecule has 0 aromatic rings. The number of allylic oxidation sites excluding steroid dienone is 4. The summed E-state index contributed by atoms with van der Waals surface area (Å²) in [5, 5.41) is 0. The molecule has 0 bridgehead atoms. The van der Waals surface area contributed by atoms with E-state index < -0.39 is 0 Å². The highest BCUT2D eigenvalue weighted by atomic mass is 16.5. The van der Waals surface area contributed by atoms with E-state index in [4.69, 9.17) is 4.74 Å². The van der Waals surface area contributed by atoms with Crippen molar-refractivity contribution in [1.29, 1.82) is 0 Å². The Hall–Kier alpha value is -1.38. The Balaban J connectivity index is 2.49. The van der Waals surface area contributed by atoms with Gasteiger partial charge in [0.15, 0.2) is 5.78 Å². The number of carbonyl (C=O) groups excluding carboxylic acids is 2. The van der Waals surface area contributed by atoms with Gasteiger partial charge < -0.3 is 4.74 Å². The lowest BCUT2D eigenvalue weighted by molar-refractivity contribution is -0.143. The number of hydrogen-bond donors (Lipinski definition) is 0. The molecular formula is C15H22O3. The molecule has 0 fully saturated rings. The van der Waals surface area contributed by atoms with Crippen LogP contribution < -0.4 is 0 Å². The standard InChI is InChI=1S/C15H22O3/c1-3-6-12-9-10-14(16)11-13(12)7-5-8-15(17)18-4-2/h6,11H,3-5,7-10H2,1-2H3/b12-6+. The fourth-order valence-corrected chi connectivity index (χ4v) is 2.15. The van der Waals surface area contributed by atoms with Gasteiger partial charge in [-0.15, -0.1) is 0 Å². The molecule has 0 amide bonds. The number of rotatable bonds is 6. The summed E-state index contributed by atoms with van der Waals surface area (Å²) in [4.78, 5) is 22.7. The quantitative estimate of drug-likeness (QED) is 0.679. The third kappa shape index (κ3) is 4.86. The highest BCUT2D eigenvalue weighted by Gasteiger charge is 2.15. The van der Waals surface area contributed by atoms with E-state index in [0.29, 0.717) is 19.4 Å². The third-order valence-electron chi connectivity index (χ3n) is 2.97. The predicted octanol–water partition coefficient (Wildman–Crippen LogP) is 3.35. The first-order valence-corrected chi connectivity index (χ1v) is 6.75. The summed E-state index contributed by atoms with van der Waals surface area (Å²) >= 11 is 0. The van der Waals surface area contributed by atoms with Crippen LogP contribution in [0.3, 0.4) is 0 Å². The number of esters is 1. The van der Waals surface area contributed by atoms with Gasteiger partial charge in [0, 0.05) is 12.8 Å². The SMILES string of the molecule is CC/C=C1\CCC(=O)C=C1CCCC(=O)OCC. The summed E-state index contributed by atoms with van der Waals surface area (Å²) in [7, 11) is 0. The van der Waals surface area contributed by atoms with Crippen LogP contribution in [0.2, 0.25) is 0 Å². The Morgan fingerprint density at radius 2 is 2.17 bits per heavy atom. The zero-order valence-electron chi connectivity index (χ0n) is 11.3. The van der Waals surface area contributed by atoms with Crippen LogP contribution in [0.4, 0.5) is 0 Å². The van der Waals surface area contributed by atoms with Crippen LogP contribution in [0.5, 0.6) is 0 Å². The summed E-state index contributed by atoms with van der Waals surface area (Å²) in [6, 6.07) is 0. The molecule has 0 aromatic heterocycles. The van der Waals surface area contributed by atoms with Crippen molar-refractivity contribution < 1.29 is 14.3 Å². The third-order valence-corrected chi connectivity index (χ3v) is 2.97. The van der Waals surface area contributed by atoms with E-state index in [2.05, 4.69) is 13.0 Å². The monoisotopic (exact) mass is 250 g/mol. The Morgan fingerprint density at radius 3 is 2.83 bits per heavy atom. The van der Waals surface area contributed by atoms with Gasteiger partial charge in [-0.2, -0.15) is 0 Å². The average Bonchev–Trinajstić information content (AvgIpc) is 2.33. The molecule has 0 aromatic carbocycles. The van der Waals surface area contributed by atoms with Crippen LogP contribution in [0.1, 0.15) is 52.4 Å². The van der Waals surface area contributed by atoms with Crippen molar-refractivity contribution in [3.8, 4) is 0 Å². The largest absolute Gasteiger partial charge is 0.466 e. The first-order chi connectivity index (χ1) is 8.67. The van der Waals surface area contributed by atoms with Gasteiger partial charge in [0.1, 0.15) is 0 Å². The van der Waals surface area contributed by atoms with Gasteiger partial charge in [0.05, 0.1) is 6.61 Å². The normalized spacial score (nSPS) is 17.8. The van der Waals surface area contributed by atoms with Gasteiger partial charge in [-0.3, -0.25) is 9.59 Å². The van der Waals surface area contributed by atoms with Crippen LogP contribution in [0.25, 0.3) is 0 Å². The number of ketones is 1. The fourth-order valence-electron chi connectivity index (χ4n) is 2.15. The van der Waals surface area contributed by atoms with Crippen molar-refractivity contribution in [3.63, 3.8) is 0 Å². The molecular weight excluding hydrogens is 228 g/mol. The average molecular weight is 250 g/mol. The van der Waals surface area contributed by atoms with Crippen molar-refractivity contribution >= 4 is 11.8 Å². The Kier molecular flexibility index (Phi) is 6.40. The maximum Gasteiger partial charge on any atom is 0.305 e. The summed E-state index contributed by atoms with van der Waals surface area (Å²) in [6.07, 6.45) is 8.34. The fraction of sp³-hybridized carbons (Fsp3) is 0.600. The van der Waals surface area contributed by atoms with E-state index in [9.17, 15) is 9.59 Å². The van der Waals surface area contributed by atoms with Gasteiger partial charge in [-0.25, -0.2) is 0 Å². The number of ether oxygens (including phenoxy) is 1. The summed E-state index contributed by atoms with van der Waals surface area (Å²) in [6.45, 7) is 4.34. The molecule has 0 saturated carbocycles. The summed E-state index contributed by atoms with van der Waals surface area (Å²) in [5.74, 6) is 0.0515. The van der Waals surface area contributed by atoms with Gasteiger partial charge >= 0.3 is 5.97 Å². The second-order valence-corrected chi connectivity index (χ2v) is 4.43. The number of hydrogen-bond acceptors (Lipinski definition) is 3. The minimum absolute atomic E-state index is 0.152. The van der Waals surface area contributed by atoms with Crippen LogP contribution in [0, 0.1) is 0 Å². The molecule has 3 nitrogen and oxygen atoms in total. The zero-order chi connectivity index (χ0) is 13.4. The highest BCUT2D eigenvalue weighted by molar-refractivity contribution is 5.92. The van der Waals surface area contributed by atoms with Crippen LogP contribution in [-0.2, 0) is 14.3 Å². The Bertz CT molecular complexity index is 364. The van der Waals surface area contributed by atoms with Crippen molar-refractivity contribution in [2.24, 2.45) is 0 Å². The molecule has 1 aliphatic carbocycles. The van der Waals surface area contributed by atoms with Gasteiger partial charge in [0.25, 0.3) is 0 Å². The second-order valence-electron chi connectivity index (χ2n) is 4.43. The first-order valence-electron chi connectivity index (χ1n) is 6.75.